The van der Waals surface area contributed by atoms with E-state index in [0.717, 1.165) is 36.1 Å². The molecule has 7 heteroatoms. The van der Waals surface area contributed by atoms with E-state index in [1.807, 2.05) is 25.1 Å². The first-order valence-electron chi connectivity index (χ1n) is 9.92. The van der Waals surface area contributed by atoms with Crippen LogP contribution in [0.25, 0.3) is 0 Å². The number of piperidine rings is 1. The van der Waals surface area contributed by atoms with Crippen molar-refractivity contribution in [2.24, 2.45) is 0 Å². The number of hydrogen-bond donors (Lipinski definition) is 1. The molecule has 1 saturated heterocycles. The number of carbonyl (C=O) groups excluding carboxylic acids is 1. The molecule has 156 valence electrons. The number of nitrogens with zero attached hydrogens (tertiary/aromatic N) is 1. The normalized spacial score (nSPS) is 15.5. The van der Waals surface area contributed by atoms with E-state index in [-0.39, 0.29) is 27.3 Å². The molecule has 1 amide bonds. The molecule has 0 aromatic heterocycles. The number of hydrogen-bond acceptors (Lipinski definition) is 3. The molecule has 0 radical (unpaired) electrons. The van der Waals surface area contributed by atoms with Crippen molar-refractivity contribution < 1.29 is 13.2 Å². The molecule has 0 saturated carbocycles. The lowest BCUT2D eigenvalue weighted by Gasteiger charge is -2.26. The zero-order chi connectivity index (χ0) is 21.2. The van der Waals surface area contributed by atoms with Crippen molar-refractivity contribution in [1.82, 2.24) is 4.31 Å². The lowest BCUT2D eigenvalue weighted by molar-refractivity contribution is 0.102. The Morgan fingerprint density at radius 2 is 1.79 bits per heavy atom. The van der Waals surface area contributed by atoms with Crippen LogP contribution < -0.4 is 5.32 Å². The van der Waals surface area contributed by atoms with Crippen LogP contribution in [0.2, 0.25) is 5.02 Å². The van der Waals surface area contributed by atoms with Gasteiger partial charge in [-0.05, 0) is 55.0 Å². The van der Waals surface area contributed by atoms with Crippen LogP contribution in [0.4, 0.5) is 5.69 Å². The number of benzene rings is 2. The van der Waals surface area contributed by atoms with Crippen LogP contribution in [-0.4, -0.2) is 31.7 Å². The van der Waals surface area contributed by atoms with Crippen LogP contribution in [-0.2, 0) is 10.0 Å². The number of carbonyl (C=O) groups is 1. The van der Waals surface area contributed by atoms with E-state index in [1.54, 1.807) is 6.07 Å². The number of amides is 1. The van der Waals surface area contributed by atoms with E-state index in [0.29, 0.717) is 13.1 Å². The zero-order valence-electron chi connectivity index (χ0n) is 17.0. The first-order chi connectivity index (χ1) is 13.7. The summed E-state index contributed by atoms with van der Waals surface area (Å²) in [5.74, 6) is -0.113. The van der Waals surface area contributed by atoms with Crippen molar-refractivity contribution in [1.29, 1.82) is 0 Å². The summed E-state index contributed by atoms with van der Waals surface area (Å²) in [7, 11) is -3.73. The topological polar surface area (TPSA) is 66.5 Å². The second kappa shape index (κ2) is 8.86. The monoisotopic (exact) mass is 434 g/mol. The molecule has 1 heterocycles. The van der Waals surface area contributed by atoms with Gasteiger partial charge in [0.2, 0.25) is 10.0 Å². The number of para-hydroxylation sites is 1. The van der Waals surface area contributed by atoms with Gasteiger partial charge in [-0.2, -0.15) is 4.31 Å². The maximum atomic E-state index is 13.0. The predicted molar refractivity (Wildman–Crippen MR) is 117 cm³/mol. The van der Waals surface area contributed by atoms with Crippen molar-refractivity contribution in [2.45, 2.75) is 50.8 Å². The molecule has 0 spiro atoms. The van der Waals surface area contributed by atoms with Crippen molar-refractivity contribution >= 4 is 33.2 Å². The van der Waals surface area contributed by atoms with Crippen LogP contribution in [0.5, 0.6) is 0 Å². The maximum Gasteiger partial charge on any atom is 0.255 e. The summed E-state index contributed by atoms with van der Waals surface area (Å²) in [5, 5.41) is 3.09. The van der Waals surface area contributed by atoms with E-state index in [9.17, 15) is 13.2 Å². The molecule has 0 bridgehead atoms. The van der Waals surface area contributed by atoms with Gasteiger partial charge in [-0.1, -0.05) is 50.1 Å². The highest BCUT2D eigenvalue weighted by atomic mass is 35.5. The number of anilines is 1. The number of halogens is 1. The largest absolute Gasteiger partial charge is 0.321 e. The number of nitrogens with one attached hydrogen (secondary N) is 1. The SMILES string of the molecule is Cc1cccc(C(C)C)c1NC(=O)c1ccc(Cl)c(S(=O)(=O)N2CCCCC2)c1. The fraction of sp³-hybridized carbons (Fsp3) is 0.409. The quantitative estimate of drug-likeness (QED) is 0.703. The molecule has 0 unspecified atom stereocenters. The Morgan fingerprint density at radius 3 is 2.45 bits per heavy atom. The summed E-state index contributed by atoms with van der Waals surface area (Å²) in [5.41, 5.74) is 3.03. The van der Waals surface area contributed by atoms with Gasteiger partial charge in [0.25, 0.3) is 5.91 Å². The Labute approximate surface area is 178 Å². The van der Waals surface area contributed by atoms with Crippen LogP contribution in [0.15, 0.2) is 41.3 Å². The van der Waals surface area contributed by atoms with Gasteiger partial charge >= 0.3 is 0 Å². The van der Waals surface area contributed by atoms with Crippen LogP contribution in [0.1, 0.15) is 60.5 Å². The summed E-state index contributed by atoms with van der Waals surface area (Å²) >= 11 is 6.22. The van der Waals surface area contributed by atoms with Gasteiger partial charge in [-0.25, -0.2) is 8.42 Å². The summed E-state index contributed by atoms with van der Waals surface area (Å²) < 4.78 is 27.6. The summed E-state index contributed by atoms with van der Waals surface area (Å²) in [6.07, 6.45) is 2.70. The van der Waals surface area contributed by atoms with Gasteiger partial charge in [0, 0.05) is 24.3 Å². The van der Waals surface area contributed by atoms with Gasteiger partial charge in [0.1, 0.15) is 4.90 Å². The second-order valence-corrected chi connectivity index (χ2v) is 10.1. The Morgan fingerprint density at radius 1 is 1.10 bits per heavy atom. The Bertz CT molecular complexity index is 1010. The molecule has 2 aromatic carbocycles. The number of rotatable bonds is 5. The van der Waals surface area contributed by atoms with E-state index in [1.165, 1.54) is 16.4 Å². The zero-order valence-corrected chi connectivity index (χ0v) is 18.6. The molecular weight excluding hydrogens is 408 g/mol. The molecule has 0 aliphatic carbocycles. The fourth-order valence-electron chi connectivity index (χ4n) is 3.61. The van der Waals surface area contributed by atoms with Crippen LogP contribution >= 0.6 is 11.6 Å². The standard InChI is InChI=1S/C22H27ClN2O3S/c1-15(2)18-9-7-8-16(3)21(18)24-22(26)17-10-11-19(23)20(14-17)29(27,28)25-12-5-4-6-13-25/h7-11,14-15H,4-6,12-13H2,1-3H3,(H,24,26). The molecule has 1 aliphatic heterocycles. The third kappa shape index (κ3) is 4.65. The van der Waals surface area contributed by atoms with E-state index >= 15 is 0 Å². The Hall–Kier alpha value is -1.89. The van der Waals surface area contributed by atoms with Gasteiger partial charge in [0.05, 0.1) is 5.02 Å². The summed E-state index contributed by atoms with van der Waals surface area (Å²) in [6, 6.07) is 10.3. The average Bonchev–Trinajstić information content (AvgIpc) is 2.70. The Balaban J connectivity index is 1.93. The molecule has 1 fully saturated rings. The smallest absolute Gasteiger partial charge is 0.255 e. The first kappa shape index (κ1) is 21.8. The number of aryl methyl sites for hydroxylation is 1. The minimum absolute atomic E-state index is 0.0115. The number of sulfonamides is 1. The van der Waals surface area contributed by atoms with E-state index < -0.39 is 10.0 Å². The molecule has 1 aliphatic rings. The third-order valence-corrected chi connectivity index (χ3v) is 7.67. The first-order valence-corrected chi connectivity index (χ1v) is 11.7. The predicted octanol–water partition coefficient (Wildman–Crippen LogP) is 5.20. The van der Waals surface area contributed by atoms with Gasteiger partial charge in [-0.3, -0.25) is 4.79 Å². The molecule has 3 rings (SSSR count). The average molecular weight is 435 g/mol. The van der Waals surface area contributed by atoms with Crippen molar-refractivity contribution in [3.05, 3.63) is 58.1 Å². The lowest BCUT2D eigenvalue weighted by Crippen LogP contribution is -2.35. The highest BCUT2D eigenvalue weighted by Crippen LogP contribution is 2.30. The molecule has 29 heavy (non-hydrogen) atoms. The molecule has 2 aromatic rings. The van der Waals surface area contributed by atoms with Crippen LogP contribution in [0.3, 0.4) is 0 Å². The highest BCUT2D eigenvalue weighted by Gasteiger charge is 2.29. The van der Waals surface area contributed by atoms with Crippen molar-refractivity contribution in [3.63, 3.8) is 0 Å². The minimum atomic E-state index is -3.73. The van der Waals surface area contributed by atoms with E-state index in [4.69, 9.17) is 11.6 Å². The van der Waals surface area contributed by atoms with Crippen LogP contribution in [0, 0.1) is 6.92 Å². The fourth-order valence-corrected chi connectivity index (χ4v) is 5.63. The molecule has 1 N–H and O–H groups in total. The summed E-state index contributed by atoms with van der Waals surface area (Å²) in [4.78, 5) is 12.9. The molecule has 5 nitrogen and oxygen atoms in total. The maximum absolute atomic E-state index is 13.0. The highest BCUT2D eigenvalue weighted by molar-refractivity contribution is 7.89. The van der Waals surface area contributed by atoms with Gasteiger partial charge in [0.15, 0.2) is 0 Å². The van der Waals surface area contributed by atoms with Gasteiger partial charge < -0.3 is 5.32 Å². The lowest BCUT2D eigenvalue weighted by atomic mass is 9.98. The van der Waals surface area contributed by atoms with Crippen molar-refractivity contribution in [2.75, 3.05) is 18.4 Å². The minimum Gasteiger partial charge on any atom is -0.321 e. The van der Waals surface area contributed by atoms with E-state index in [2.05, 4.69) is 19.2 Å². The summed E-state index contributed by atoms with van der Waals surface area (Å²) in [6.45, 7) is 7.04. The Kier molecular flexibility index (Phi) is 6.66. The molecular formula is C22H27ClN2O3S. The molecule has 0 atom stereocenters. The van der Waals surface area contributed by atoms with Gasteiger partial charge in [-0.15, -0.1) is 0 Å². The van der Waals surface area contributed by atoms with Crippen molar-refractivity contribution in [3.8, 4) is 0 Å². The second-order valence-electron chi connectivity index (χ2n) is 7.76. The third-order valence-electron chi connectivity index (χ3n) is 5.29.